The van der Waals surface area contributed by atoms with Crippen LogP contribution in [0.1, 0.15) is 39.5 Å². The highest BCUT2D eigenvalue weighted by Gasteiger charge is 1.93. The van der Waals surface area contributed by atoms with Gasteiger partial charge in [-0.05, 0) is 51.9 Å². The standard InChI is InChI=1S/C14H30N4O2.ClH/c1-13(19)17-11-5-9-15-7-3-4-8-16-10-6-12-18-14(2)20;/h15-16H,3-12H2,1-2H3,(H,17,19)(H,18,20);1H. The van der Waals surface area contributed by atoms with Gasteiger partial charge in [0, 0.05) is 26.9 Å². The van der Waals surface area contributed by atoms with Crippen molar-refractivity contribution in [2.24, 2.45) is 0 Å². The molecule has 0 radical (unpaired) electrons. The monoisotopic (exact) mass is 322 g/mol. The second-order valence-electron chi connectivity index (χ2n) is 4.88. The van der Waals surface area contributed by atoms with Gasteiger partial charge in [-0.1, -0.05) is 0 Å². The lowest BCUT2D eigenvalue weighted by Gasteiger charge is -2.07. The summed E-state index contributed by atoms with van der Waals surface area (Å²) < 4.78 is 0. The van der Waals surface area contributed by atoms with Gasteiger partial charge in [-0.3, -0.25) is 9.59 Å². The van der Waals surface area contributed by atoms with E-state index in [4.69, 9.17) is 0 Å². The first-order chi connectivity index (χ1) is 9.63. The van der Waals surface area contributed by atoms with E-state index in [1.165, 1.54) is 13.8 Å². The van der Waals surface area contributed by atoms with Crippen molar-refractivity contribution in [2.75, 3.05) is 39.3 Å². The fourth-order valence-electron chi connectivity index (χ4n) is 1.71. The zero-order valence-electron chi connectivity index (χ0n) is 13.3. The van der Waals surface area contributed by atoms with Gasteiger partial charge in [0.2, 0.25) is 11.8 Å². The van der Waals surface area contributed by atoms with Crippen LogP contribution in [0.15, 0.2) is 0 Å². The average molecular weight is 323 g/mol. The molecule has 0 rings (SSSR count). The molecule has 0 aromatic heterocycles. The van der Waals surface area contributed by atoms with Gasteiger partial charge in [0.05, 0.1) is 0 Å². The number of unbranched alkanes of at least 4 members (excludes halogenated alkanes) is 1. The van der Waals surface area contributed by atoms with E-state index in [9.17, 15) is 9.59 Å². The van der Waals surface area contributed by atoms with Crippen LogP contribution in [0.25, 0.3) is 0 Å². The number of rotatable bonds is 13. The Morgan fingerprint density at radius 1 is 0.619 bits per heavy atom. The first kappa shape index (κ1) is 22.4. The molecule has 0 atom stereocenters. The number of hydrogen-bond acceptors (Lipinski definition) is 4. The van der Waals surface area contributed by atoms with Gasteiger partial charge < -0.3 is 21.3 Å². The lowest BCUT2D eigenvalue weighted by molar-refractivity contribution is -0.119. The third kappa shape index (κ3) is 21.6. The predicted octanol–water partition coefficient (Wildman–Crippen LogP) is 0.420. The Balaban J connectivity index is 0. The van der Waals surface area contributed by atoms with E-state index < -0.39 is 0 Å². The van der Waals surface area contributed by atoms with E-state index in [1.807, 2.05) is 0 Å². The lowest BCUT2D eigenvalue weighted by atomic mass is 10.3. The van der Waals surface area contributed by atoms with Gasteiger partial charge in [0.15, 0.2) is 0 Å². The van der Waals surface area contributed by atoms with Crippen LogP contribution in [0.4, 0.5) is 0 Å². The quantitative estimate of drug-likeness (QED) is 0.370. The van der Waals surface area contributed by atoms with E-state index in [-0.39, 0.29) is 24.2 Å². The second-order valence-corrected chi connectivity index (χ2v) is 4.88. The fourth-order valence-corrected chi connectivity index (χ4v) is 1.71. The molecule has 0 saturated carbocycles. The number of halogens is 1. The predicted molar refractivity (Wildman–Crippen MR) is 88.8 cm³/mol. The molecule has 6 nitrogen and oxygen atoms in total. The largest absolute Gasteiger partial charge is 0.356 e. The first-order valence-corrected chi connectivity index (χ1v) is 7.53. The van der Waals surface area contributed by atoms with Crippen LogP contribution >= 0.6 is 12.4 Å². The van der Waals surface area contributed by atoms with Crippen LogP contribution in [0, 0.1) is 0 Å². The summed E-state index contributed by atoms with van der Waals surface area (Å²) in [5, 5.41) is 12.3. The second kappa shape index (κ2) is 17.2. The van der Waals surface area contributed by atoms with E-state index in [2.05, 4.69) is 21.3 Å². The smallest absolute Gasteiger partial charge is 0.216 e. The Morgan fingerprint density at radius 3 is 1.29 bits per heavy atom. The molecular formula is C14H31ClN4O2. The highest BCUT2D eigenvalue weighted by molar-refractivity contribution is 5.85. The maximum Gasteiger partial charge on any atom is 0.216 e. The molecule has 0 aliphatic carbocycles. The Morgan fingerprint density at radius 2 is 0.952 bits per heavy atom. The van der Waals surface area contributed by atoms with Crippen molar-refractivity contribution in [3.05, 3.63) is 0 Å². The van der Waals surface area contributed by atoms with Crippen LogP contribution in [0.2, 0.25) is 0 Å². The Kier molecular flexibility index (Phi) is 18.4. The molecule has 126 valence electrons. The molecule has 4 N–H and O–H groups in total. The molecular weight excluding hydrogens is 292 g/mol. The van der Waals surface area contributed by atoms with Crippen molar-refractivity contribution in [1.29, 1.82) is 0 Å². The summed E-state index contributed by atoms with van der Waals surface area (Å²) in [5.74, 6) is 0.0733. The molecule has 0 unspecified atom stereocenters. The van der Waals surface area contributed by atoms with Crippen LogP contribution in [0.3, 0.4) is 0 Å². The van der Waals surface area contributed by atoms with Crippen LogP contribution in [-0.4, -0.2) is 51.1 Å². The number of nitrogens with one attached hydrogen (secondary N) is 4. The van der Waals surface area contributed by atoms with Crippen LogP contribution in [-0.2, 0) is 9.59 Å². The van der Waals surface area contributed by atoms with Gasteiger partial charge in [0.25, 0.3) is 0 Å². The molecule has 0 aliphatic rings. The molecule has 0 spiro atoms. The third-order valence-electron chi connectivity index (χ3n) is 2.77. The molecule has 0 fully saturated rings. The van der Waals surface area contributed by atoms with Crippen molar-refractivity contribution >= 4 is 24.2 Å². The van der Waals surface area contributed by atoms with E-state index in [0.717, 1.165) is 65.0 Å². The van der Waals surface area contributed by atoms with Crippen molar-refractivity contribution in [2.45, 2.75) is 39.5 Å². The fraction of sp³-hybridized carbons (Fsp3) is 0.857. The molecule has 21 heavy (non-hydrogen) atoms. The normalized spacial score (nSPS) is 9.81. The van der Waals surface area contributed by atoms with Crippen LogP contribution in [0.5, 0.6) is 0 Å². The summed E-state index contributed by atoms with van der Waals surface area (Å²) in [5.41, 5.74) is 0. The number of hydrogen-bond donors (Lipinski definition) is 4. The minimum Gasteiger partial charge on any atom is -0.356 e. The minimum absolute atomic E-state index is 0. The highest BCUT2D eigenvalue weighted by atomic mass is 35.5. The third-order valence-corrected chi connectivity index (χ3v) is 2.77. The summed E-state index contributed by atoms with van der Waals surface area (Å²) in [6.45, 7) is 8.51. The summed E-state index contributed by atoms with van der Waals surface area (Å²) in [6, 6.07) is 0. The molecule has 0 bridgehead atoms. The summed E-state index contributed by atoms with van der Waals surface area (Å²) in [6.07, 6.45) is 4.25. The maximum atomic E-state index is 10.6. The zero-order valence-corrected chi connectivity index (χ0v) is 14.1. The lowest BCUT2D eigenvalue weighted by Crippen LogP contribution is -2.26. The van der Waals surface area contributed by atoms with Crippen molar-refractivity contribution in [3.8, 4) is 0 Å². The van der Waals surface area contributed by atoms with E-state index >= 15 is 0 Å². The molecule has 0 aliphatic heterocycles. The van der Waals surface area contributed by atoms with E-state index in [1.54, 1.807) is 0 Å². The average Bonchev–Trinajstić information content (AvgIpc) is 2.38. The maximum absolute atomic E-state index is 10.6. The highest BCUT2D eigenvalue weighted by Crippen LogP contribution is 1.85. The Hall–Kier alpha value is -0.850. The topological polar surface area (TPSA) is 82.3 Å². The summed E-state index contributed by atoms with van der Waals surface area (Å²) in [7, 11) is 0. The minimum atomic E-state index is 0. The zero-order chi connectivity index (χ0) is 15.1. The first-order valence-electron chi connectivity index (χ1n) is 7.53. The van der Waals surface area contributed by atoms with Crippen LogP contribution < -0.4 is 21.3 Å². The SMILES string of the molecule is CC(=O)NCCCNCCCCNCCCNC(C)=O.Cl. The molecule has 0 heterocycles. The number of carbonyl (C=O) groups is 2. The van der Waals surface area contributed by atoms with E-state index in [0.29, 0.717) is 0 Å². The summed E-state index contributed by atoms with van der Waals surface area (Å²) in [4.78, 5) is 21.2. The van der Waals surface area contributed by atoms with Gasteiger partial charge in [-0.25, -0.2) is 0 Å². The summed E-state index contributed by atoms with van der Waals surface area (Å²) >= 11 is 0. The van der Waals surface area contributed by atoms with Gasteiger partial charge in [0.1, 0.15) is 0 Å². The Labute approximate surface area is 134 Å². The Bertz CT molecular complexity index is 239. The van der Waals surface area contributed by atoms with Crippen molar-refractivity contribution in [1.82, 2.24) is 21.3 Å². The number of carbonyl (C=O) groups excluding carboxylic acids is 2. The van der Waals surface area contributed by atoms with Crippen molar-refractivity contribution < 1.29 is 9.59 Å². The van der Waals surface area contributed by atoms with Crippen molar-refractivity contribution in [3.63, 3.8) is 0 Å². The van der Waals surface area contributed by atoms with Gasteiger partial charge >= 0.3 is 0 Å². The molecule has 7 heteroatoms. The molecule has 2 amide bonds. The molecule has 0 saturated heterocycles. The number of amides is 2. The molecule has 0 aromatic rings. The molecule has 0 aromatic carbocycles. The van der Waals surface area contributed by atoms with Gasteiger partial charge in [-0.15, -0.1) is 12.4 Å². The van der Waals surface area contributed by atoms with Gasteiger partial charge in [-0.2, -0.15) is 0 Å².